The summed E-state index contributed by atoms with van der Waals surface area (Å²) < 4.78 is 5.25. The number of nitrogens with zero attached hydrogens (tertiary/aromatic N) is 1. The molecule has 5 nitrogen and oxygen atoms in total. The molecule has 0 bridgehead atoms. The second kappa shape index (κ2) is 4.39. The van der Waals surface area contributed by atoms with Crippen LogP contribution in [0.3, 0.4) is 0 Å². The maximum absolute atomic E-state index is 11.3. The van der Waals surface area contributed by atoms with E-state index in [-0.39, 0.29) is 5.69 Å². The number of aryl methyl sites for hydroxylation is 1. The number of hydroxylamine groups is 1. The number of rotatable bonds is 2. The van der Waals surface area contributed by atoms with Crippen LogP contribution >= 0.6 is 0 Å². The number of fused-ring (bicyclic) bond motifs is 1. The van der Waals surface area contributed by atoms with Crippen LogP contribution in [-0.4, -0.2) is 23.2 Å². The molecule has 1 amide bonds. The zero-order valence-corrected chi connectivity index (χ0v) is 9.52. The van der Waals surface area contributed by atoms with Crippen molar-refractivity contribution >= 4 is 16.8 Å². The van der Waals surface area contributed by atoms with Crippen LogP contribution in [0.2, 0.25) is 0 Å². The Morgan fingerprint density at radius 1 is 1.47 bits per heavy atom. The molecule has 2 aromatic rings. The molecule has 0 radical (unpaired) electrons. The lowest BCUT2D eigenvalue weighted by molar-refractivity contribution is 0.0701. The predicted molar refractivity (Wildman–Crippen MR) is 62.3 cm³/mol. The van der Waals surface area contributed by atoms with Gasteiger partial charge in [0.1, 0.15) is 11.4 Å². The molecule has 2 N–H and O–H groups in total. The number of hydrogen-bond donors (Lipinski definition) is 2. The largest absolute Gasteiger partial charge is 0.496 e. The van der Waals surface area contributed by atoms with Crippen molar-refractivity contribution in [2.24, 2.45) is 0 Å². The summed E-state index contributed by atoms with van der Waals surface area (Å²) in [4.78, 5) is 15.5. The summed E-state index contributed by atoms with van der Waals surface area (Å²) >= 11 is 0. The summed E-state index contributed by atoms with van der Waals surface area (Å²) in [5.41, 5.74) is 3.26. The van der Waals surface area contributed by atoms with Crippen LogP contribution in [-0.2, 0) is 0 Å². The first-order valence-electron chi connectivity index (χ1n) is 5.06. The Hall–Kier alpha value is -2.14. The molecule has 0 saturated carbocycles. The standard InChI is InChI=1S/C12H12N2O3/c1-7-6-9(12(15)14-16)13-8-4-3-5-10(17-2)11(7)8/h3-6,16H,1-2H3,(H,14,15). The Kier molecular flexibility index (Phi) is 2.93. The lowest BCUT2D eigenvalue weighted by atomic mass is 10.1. The Bertz CT molecular complexity index is 581. The topological polar surface area (TPSA) is 71.5 Å². The van der Waals surface area contributed by atoms with E-state index in [1.165, 1.54) is 0 Å². The number of nitrogens with one attached hydrogen (secondary N) is 1. The van der Waals surface area contributed by atoms with E-state index in [0.717, 1.165) is 10.9 Å². The highest BCUT2D eigenvalue weighted by atomic mass is 16.5. The summed E-state index contributed by atoms with van der Waals surface area (Å²) in [5, 5.41) is 9.45. The van der Waals surface area contributed by atoms with Gasteiger partial charge in [0.05, 0.1) is 12.6 Å². The van der Waals surface area contributed by atoms with Crippen LogP contribution in [0.1, 0.15) is 16.1 Å². The molecular formula is C12H12N2O3. The van der Waals surface area contributed by atoms with Gasteiger partial charge in [0.25, 0.3) is 5.91 Å². The number of pyridine rings is 1. The minimum atomic E-state index is -0.627. The van der Waals surface area contributed by atoms with Crippen molar-refractivity contribution in [3.05, 3.63) is 35.5 Å². The van der Waals surface area contributed by atoms with Gasteiger partial charge in [-0.1, -0.05) is 6.07 Å². The van der Waals surface area contributed by atoms with Gasteiger partial charge < -0.3 is 4.74 Å². The first kappa shape index (κ1) is 11.3. The molecule has 0 unspecified atom stereocenters. The van der Waals surface area contributed by atoms with Gasteiger partial charge in [-0.3, -0.25) is 10.0 Å². The maximum atomic E-state index is 11.3. The van der Waals surface area contributed by atoms with Gasteiger partial charge >= 0.3 is 0 Å². The van der Waals surface area contributed by atoms with Crippen LogP contribution in [0, 0.1) is 6.92 Å². The maximum Gasteiger partial charge on any atom is 0.293 e. The molecule has 0 aliphatic heterocycles. The number of carbonyl (C=O) groups is 1. The van der Waals surface area contributed by atoms with Crippen LogP contribution in [0.5, 0.6) is 5.75 Å². The number of amides is 1. The van der Waals surface area contributed by atoms with Gasteiger partial charge in [-0.25, -0.2) is 10.5 Å². The molecule has 0 aliphatic carbocycles. The number of methoxy groups -OCH3 is 1. The summed E-state index contributed by atoms with van der Waals surface area (Å²) in [6.07, 6.45) is 0. The number of benzene rings is 1. The molecule has 0 spiro atoms. The molecule has 1 aromatic heterocycles. The second-order valence-corrected chi connectivity index (χ2v) is 3.62. The Balaban J connectivity index is 2.71. The van der Waals surface area contributed by atoms with Crippen molar-refractivity contribution in [1.82, 2.24) is 10.5 Å². The van der Waals surface area contributed by atoms with Gasteiger partial charge in [-0.2, -0.15) is 0 Å². The first-order chi connectivity index (χ1) is 8.17. The fourth-order valence-corrected chi connectivity index (χ4v) is 1.79. The van der Waals surface area contributed by atoms with E-state index in [2.05, 4.69) is 4.98 Å². The Labute approximate surface area is 98.0 Å². The SMILES string of the molecule is COc1cccc2nc(C(=O)NO)cc(C)c12. The average Bonchev–Trinajstić information content (AvgIpc) is 2.36. The van der Waals surface area contributed by atoms with Crippen molar-refractivity contribution in [2.75, 3.05) is 7.11 Å². The van der Waals surface area contributed by atoms with Gasteiger partial charge in [0.15, 0.2) is 0 Å². The van der Waals surface area contributed by atoms with Crippen molar-refractivity contribution < 1.29 is 14.7 Å². The molecule has 5 heteroatoms. The van der Waals surface area contributed by atoms with Crippen LogP contribution < -0.4 is 10.2 Å². The molecular weight excluding hydrogens is 220 g/mol. The van der Waals surface area contributed by atoms with E-state index in [4.69, 9.17) is 9.94 Å². The molecule has 2 rings (SSSR count). The Morgan fingerprint density at radius 3 is 2.88 bits per heavy atom. The van der Waals surface area contributed by atoms with Crippen molar-refractivity contribution in [2.45, 2.75) is 6.92 Å². The number of hydrogen-bond acceptors (Lipinski definition) is 4. The molecule has 0 saturated heterocycles. The number of ether oxygens (including phenoxy) is 1. The zero-order chi connectivity index (χ0) is 12.4. The molecule has 88 valence electrons. The monoisotopic (exact) mass is 232 g/mol. The van der Waals surface area contributed by atoms with Crippen molar-refractivity contribution in [3.63, 3.8) is 0 Å². The third-order valence-corrected chi connectivity index (χ3v) is 2.55. The highest BCUT2D eigenvalue weighted by molar-refractivity contribution is 5.96. The molecule has 0 fully saturated rings. The van der Waals surface area contributed by atoms with E-state index in [0.29, 0.717) is 11.3 Å². The van der Waals surface area contributed by atoms with Crippen LogP contribution in [0.25, 0.3) is 10.9 Å². The van der Waals surface area contributed by atoms with E-state index < -0.39 is 5.91 Å². The van der Waals surface area contributed by atoms with Gasteiger partial charge in [-0.15, -0.1) is 0 Å². The molecule has 17 heavy (non-hydrogen) atoms. The fourth-order valence-electron chi connectivity index (χ4n) is 1.79. The Morgan fingerprint density at radius 2 is 2.24 bits per heavy atom. The lowest BCUT2D eigenvalue weighted by Gasteiger charge is -2.09. The van der Waals surface area contributed by atoms with E-state index in [1.807, 2.05) is 13.0 Å². The smallest absolute Gasteiger partial charge is 0.293 e. The predicted octanol–water partition coefficient (Wildman–Crippen LogP) is 1.67. The quantitative estimate of drug-likeness (QED) is 0.610. The minimum absolute atomic E-state index is 0.172. The van der Waals surface area contributed by atoms with E-state index in [9.17, 15) is 4.79 Å². The van der Waals surface area contributed by atoms with E-state index >= 15 is 0 Å². The minimum Gasteiger partial charge on any atom is -0.496 e. The van der Waals surface area contributed by atoms with Crippen molar-refractivity contribution in [1.29, 1.82) is 0 Å². The summed E-state index contributed by atoms with van der Waals surface area (Å²) in [6, 6.07) is 7.03. The molecule has 1 aromatic carbocycles. The van der Waals surface area contributed by atoms with Gasteiger partial charge in [0, 0.05) is 5.39 Å². The first-order valence-corrected chi connectivity index (χ1v) is 5.06. The number of carbonyl (C=O) groups excluding carboxylic acids is 1. The van der Waals surface area contributed by atoms with Gasteiger partial charge in [0.2, 0.25) is 0 Å². The molecule has 1 heterocycles. The average molecular weight is 232 g/mol. The molecule has 0 aliphatic rings. The fraction of sp³-hybridized carbons (Fsp3) is 0.167. The third-order valence-electron chi connectivity index (χ3n) is 2.55. The highest BCUT2D eigenvalue weighted by Crippen LogP contribution is 2.27. The second-order valence-electron chi connectivity index (χ2n) is 3.62. The van der Waals surface area contributed by atoms with E-state index in [1.54, 1.807) is 30.8 Å². The normalized spacial score (nSPS) is 10.3. The lowest BCUT2D eigenvalue weighted by Crippen LogP contribution is -2.20. The van der Waals surface area contributed by atoms with Crippen LogP contribution in [0.4, 0.5) is 0 Å². The molecule has 0 atom stereocenters. The number of aromatic nitrogens is 1. The zero-order valence-electron chi connectivity index (χ0n) is 9.52. The van der Waals surface area contributed by atoms with Crippen molar-refractivity contribution in [3.8, 4) is 5.75 Å². The van der Waals surface area contributed by atoms with Gasteiger partial charge in [-0.05, 0) is 30.7 Å². The van der Waals surface area contributed by atoms with Crippen LogP contribution in [0.15, 0.2) is 24.3 Å². The highest BCUT2D eigenvalue weighted by Gasteiger charge is 2.11. The summed E-state index contributed by atoms with van der Waals surface area (Å²) in [5.74, 6) is 0.0845. The summed E-state index contributed by atoms with van der Waals surface area (Å²) in [7, 11) is 1.59. The summed E-state index contributed by atoms with van der Waals surface area (Å²) in [6.45, 7) is 1.86. The third kappa shape index (κ3) is 1.92.